The van der Waals surface area contributed by atoms with Crippen LogP contribution in [0.4, 0.5) is 0 Å². The molecule has 3 rings (SSSR count). The second kappa shape index (κ2) is 10.3. The average Bonchev–Trinajstić information content (AvgIpc) is 3.14. The maximum atomic E-state index is 12.7. The molecule has 0 aliphatic carbocycles. The molecular weight excluding hydrogens is 398 g/mol. The number of methoxy groups -OCH3 is 1. The number of thioether (sulfide) groups is 1. The number of benzene rings is 2. The Morgan fingerprint density at radius 2 is 1.77 bits per heavy atom. The van der Waals surface area contributed by atoms with E-state index in [0.717, 1.165) is 29.2 Å². The van der Waals surface area contributed by atoms with E-state index in [4.69, 9.17) is 9.47 Å². The summed E-state index contributed by atoms with van der Waals surface area (Å²) in [6, 6.07) is 17.4. The molecule has 0 amide bonds. The van der Waals surface area contributed by atoms with Gasteiger partial charge in [-0.3, -0.25) is 4.79 Å². The number of ether oxygens (including phenoxy) is 2. The number of carbonyl (C=O) groups is 1. The van der Waals surface area contributed by atoms with E-state index < -0.39 is 5.25 Å². The molecule has 0 radical (unpaired) electrons. The lowest BCUT2D eigenvalue weighted by molar-refractivity contribution is -0.142. The van der Waals surface area contributed by atoms with Gasteiger partial charge in [0.15, 0.2) is 11.0 Å². The van der Waals surface area contributed by atoms with Crippen molar-refractivity contribution >= 4 is 17.7 Å². The zero-order valence-electron chi connectivity index (χ0n) is 17.7. The van der Waals surface area contributed by atoms with Gasteiger partial charge < -0.3 is 14.0 Å². The largest absolute Gasteiger partial charge is 0.497 e. The summed E-state index contributed by atoms with van der Waals surface area (Å²) in [5.74, 6) is 1.66. The van der Waals surface area contributed by atoms with E-state index in [1.807, 2.05) is 61.5 Å². The van der Waals surface area contributed by atoms with Gasteiger partial charge in [0, 0.05) is 12.1 Å². The Hall–Kier alpha value is -2.80. The Morgan fingerprint density at radius 3 is 2.37 bits per heavy atom. The highest BCUT2D eigenvalue weighted by atomic mass is 32.2. The van der Waals surface area contributed by atoms with Crippen molar-refractivity contribution in [3.8, 4) is 17.1 Å². The molecule has 0 aliphatic heterocycles. The van der Waals surface area contributed by atoms with Crippen LogP contribution in [0, 0.1) is 5.92 Å². The van der Waals surface area contributed by atoms with Crippen LogP contribution in [0.3, 0.4) is 0 Å². The fraction of sp³-hybridized carbons (Fsp3) is 0.348. The first kappa shape index (κ1) is 21.9. The van der Waals surface area contributed by atoms with Crippen LogP contribution in [0.25, 0.3) is 11.4 Å². The van der Waals surface area contributed by atoms with Gasteiger partial charge in [-0.15, -0.1) is 10.2 Å². The van der Waals surface area contributed by atoms with Gasteiger partial charge in [0.05, 0.1) is 13.7 Å². The van der Waals surface area contributed by atoms with E-state index in [-0.39, 0.29) is 5.97 Å². The number of aromatic nitrogens is 3. The summed E-state index contributed by atoms with van der Waals surface area (Å²) < 4.78 is 12.7. The zero-order valence-corrected chi connectivity index (χ0v) is 18.6. The molecule has 0 bridgehead atoms. The summed E-state index contributed by atoms with van der Waals surface area (Å²) in [4.78, 5) is 12.7. The van der Waals surface area contributed by atoms with Gasteiger partial charge in [0.2, 0.25) is 0 Å². The molecule has 1 heterocycles. The van der Waals surface area contributed by atoms with E-state index in [1.165, 1.54) is 11.8 Å². The van der Waals surface area contributed by atoms with E-state index in [1.54, 1.807) is 7.11 Å². The Bertz CT molecular complexity index is 956. The van der Waals surface area contributed by atoms with E-state index >= 15 is 0 Å². The van der Waals surface area contributed by atoms with Crippen LogP contribution >= 0.6 is 11.8 Å². The van der Waals surface area contributed by atoms with Gasteiger partial charge in [-0.1, -0.05) is 55.9 Å². The first-order chi connectivity index (χ1) is 14.5. The minimum atomic E-state index is -0.509. The topological polar surface area (TPSA) is 66.2 Å². The molecule has 6 nitrogen and oxygen atoms in total. The molecule has 2 aromatic carbocycles. The predicted molar refractivity (Wildman–Crippen MR) is 119 cm³/mol. The third-order valence-electron chi connectivity index (χ3n) is 4.44. The lowest BCUT2D eigenvalue weighted by Gasteiger charge is -2.17. The molecule has 0 N–H and O–H groups in total. The van der Waals surface area contributed by atoms with Crippen molar-refractivity contribution in [1.82, 2.24) is 14.8 Å². The molecule has 1 aromatic heterocycles. The molecule has 0 saturated carbocycles. The van der Waals surface area contributed by atoms with Crippen LogP contribution in [0.5, 0.6) is 5.75 Å². The molecular formula is C23H27N3O3S. The highest BCUT2D eigenvalue weighted by Crippen LogP contribution is 2.37. The van der Waals surface area contributed by atoms with Crippen molar-refractivity contribution in [2.75, 3.05) is 13.7 Å². The van der Waals surface area contributed by atoms with Crippen LogP contribution in [-0.4, -0.2) is 34.5 Å². The first-order valence-corrected chi connectivity index (χ1v) is 10.9. The first-order valence-electron chi connectivity index (χ1n) is 9.99. The summed E-state index contributed by atoms with van der Waals surface area (Å²) in [5.41, 5.74) is 1.83. The molecule has 0 fully saturated rings. The standard InChI is InChI=1S/C23H27N3O3S/c1-5-29-22(27)20(17-9-7-6-8-10-17)30-23-25-24-21(26(23)15-16(2)3)18-11-13-19(28-4)14-12-18/h6-14,16,20H,5,15H2,1-4H3/t20-/m0/s1. The van der Waals surface area contributed by atoms with Crippen LogP contribution in [-0.2, 0) is 16.1 Å². The summed E-state index contributed by atoms with van der Waals surface area (Å²) >= 11 is 1.37. The normalized spacial score (nSPS) is 12.0. The maximum Gasteiger partial charge on any atom is 0.324 e. The van der Waals surface area contributed by atoms with Crippen LogP contribution in [0.1, 0.15) is 31.6 Å². The van der Waals surface area contributed by atoms with Crippen molar-refractivity contribution in [1.29, 1.82) is 0 Å². The third-order valence-corrected chi connectivity index (χ3v) is 5.65. The highest BCUT2D eigenvalue weighted by molar-refractivity contribution is 8.00. The number of nitrogens with zero attached hydrogens (tertiary/aromatic N) is 3. The molecule has 0 aliphatic rings. The van der Waals surface area contributed by atoms with Crippen molar-refractivity contribution in [2.45, 2.75) is 37.7 Å². The second-order valence-electron chi connectivity index (χ2n) is 7.20. The molecule has 1 atom stereocenters. The lowest BCUT2D eigenvalue weighted by atomic mass is 10.1. The summed E-state index contributed by atoms with van der Waals surface area (Å²) in [7, 11) is 1.64. The van der Waals surface area contributed by atoms with E-state index in [2.05, 4.69) is 28.6 Å². The van der Waals surface area contributed by atoms with Gasteiger partial charge >= 0.3 is 5.97 Å². The van der Waals surface area contributed by atoms with Gasteiger partial charge in [-0.25, -0.2) is 0 Å². The lowest BCUT2D eigenvalue weighted by Crippen LogP contribution is -2.15. The third kappa shape index (κ3) is 5.21. The van der Waals surface area contributed by atoms with Gasteiger partial charge in [0.25, 0.3) is 0 Å². The fourth-order valence-corrected chi connectivity index (χ4v) is 4.11. The monoisotopic (exact) mass is 425 g/mol. The van der Waals surface area contributed by atoms with Crippen LogP contribution in [0.15, 0.2) is 59.8 Å². The van der Waals surface area contributed by atoms with Gasteiger partial charge in [0.1, 0.15) is 11.0 Å². The summed E-state index contributed by atoms with van der Waals surface area (Å²) in [6.07, 6.45) is 0. The SMILES string of the molecule is CCOC(=O)[C@@H](Sc1nnc(-c2ccc(OC)cc2)n1CC(C)C)c1ccccc1. The Kier molecular flexibility index (Phi) is 7.52. The fourth-order valence-electron chi connectivity index (χ4n) is 3.06. The Labute approximate surface area is 181 Å². The van der Waals surface area contributed by atoms with E-state index in [0.29, 0.717) is 17.7 Å². The number of carbonyl (C=O) groups excluding carboxylic acids is 1. The van der Waals surface area contributed by atoms with Crippen molar-refractivity contribution in [2.24, 2.45) is 5.92 Å². The molecule has 158 valence electrons. The second-order valence-corrected chi connectivity index (χ2v) is 8.27. The number of hydrogen-bond acceptors (Lipinski definition) is 6. The van der Waals surface area contributed by atoms with Gasteiger partial charge in [-0.2, -0.15) is 0 Å². The Morgan fingerprint density at radius 1 is 1.07 bits per heavy atom. The average molecular weight is 426 g/mol. The summed E-state index contributed by atoms with van der Waals surface area (Å²) in [5, 5.41) is 9.06. The molecule has 30 heavy (non-hydrogen) atoms. The molecule has 3 aromatic rings. The van der Waals surface area contributed by atoms with Crippen molar-refractivity contribution in [3.05, 3.63) is 60.2 Å². The Balaban J connectivity index is 1.98. The summed E-state index contributed by atoms with van der Waals surface area (Å²) in [6.45, 7) is 7.17. The zero-order chi connectivity index (χ0) is 21.5. The number of hydrogen-bond donors (Lipinski definition) is 0. The van der Waals surface area contributed by atoms with E-state index in [9.17, 15) is 4.79 Å². The molecule has 0 unspecified atom stereocenters. The van der Waals surface area contributed by atoms with Crippen molar-refractivity contribution < 1.29 is 14.3 Å². The highest BCUT2D eigenvalue weighted by Gasteiger charge is 2.27. The number of rotatable bonds is 9. The van der Waals surface area contributed by atoms with Crippen LogP contribution in [0.2, 0.25) is 0 Å². The molecule has 0 saturated heterocycles. The molecule has 0 spiro atoms. The minimum Gasteiger partial charge on any atom is -0.497 e. The number of esters is 1. The van der Waals surface area contributed by atoms with Crippen molar-refractivity contribution in [3.63, 3.8) is 0 Å². The predicted octanol–water partition coefficient (Wildman–Crippen LogP) is 5.01. The minimum absolute atomic E-state index is 0.279. The van der Waals surface area contributed by atoms with Gasteiger partial charge in [-0.05, 0) is 42.7 Å². The van der Waals surface area contributed by atoms with Crippen LogP contribution < -0.4 is 4.74 Å². The molecule has 7 heteroatoms. The maximum absolute atomic E-state index is 12.7. The smallest absolute Gasteiger partial charge is 0.324 e. The quantitative estimate of drug-likeness (QED) is 0.355.